The zero-order chi connectivity index (χ0) is 18.4. The molecule has 0 aliphatic carbocycles. The molecular formula is C19H27N3O2S. The molecule has 1 heterocycles. The molecule has 5 nitrogen and oxygen atoms in total. The third-order valence-corrected chi connectivity index (χ3v) is 4.97. The first kappa shape index (κ1) is 19.7. The number of thioether (sulfide) groups is 1. The highest BCUT2D eigenvalue weighted by Crippen LogP contribution is 2.28. The maximum atomic E-state index is 11.3. The van der Waals surface area contributed by atoms with Gasteiger partial charge >= 0.3 is 0 Å². The van der Waals surface area contributed by atoms with Crippen LogP contribution in [0.15, 0.2) is 29.4 Å². The SMILES string of the molecule is COCCCn1c(SCC(C)=O)nnc1-c1ccc(C(C)(C)C)cc1. The monoisotopic (exact) mass is 361 g/mol. The van der Waals surface area contributed by atoms with Crippen molar-refractivity contribution >= 4 is 17.5 Å². The maximum absolute atomic E-state index is 11.3. The molecule has 0 unspecified atom stereocenters. The number of hydrogen-bond donors (Lipinski definition) is 0. The normalized spacial score (nSPS) is 11.7. The van der Waals surface area contributed by atoms with Crippen molar-refractivity contribution in [2.24, 2.45) is 0 Å². The summed E-state index contributed by atoms with van der Waals surface area (Å²) in [4.78, 5) is 11.3. The number of Topliss-reactive ketones (excluding diaryl/α,β-unsaturated/α-hetero) is 1. The minimum Gasteiger partial charge on any atom is -0.385 e. The number of hydrogen-bond acceptors (Lipinski definition) is 5. The fourth-order valence-corrected chi connectivity index (χ4v) is 3.23. The first-order chi connectivity index (χ1) is 11.8. The molecule has 6 heteroatoms. The molecule has 1 aromatic carbocycles. The zero-order valence-electron chi connectivity index (χ0n) is 15.7. The topological polar surface area (TPSA) is 57.0 Å². The smallest absolute Gasteiger partial charge is 0.191 e. The fourth-order valence-electron chi connectivity index (χ4n) is 2.46. The van der Waals surface area contributed by atoms with E-state index in [9.17, 15) is 4.79 Å². The molecule has 0 radical (unpaired) electrons. The van der Waals surface area contributed by atoms with Crippen LogP contribution >= 0.6 is 11.8 Å². The Kier molecular flexibility index (Phi) is 6.79. The number of nitrogens with zero attached hydrogens (tertiary/aromatic N) is 3. The van der Waals surface area contributed by atoms with Gasteiger partial charge in [-0.2, -0.15) is 0 Å². The quantitative estimate of drug-likeness (QED) is 0.526. The predicted molar refractivity (Wildman–Crippen MR) is 102 cm³/mol. The Morgan fingerprint density at radius 3 is 2.44 bits per heavy atom. The molecule has 136 valence electrons. The van der Waals surface area contributed by atoms with Crippen LogP contribution in [0.2, 0.25) is 0 Å². The third kappa shape index (κ3) is 5.41. The van der Waals surface area contributed by atoms with E-state index in [0.29, 0.717) is 12.4 Å². The van der Waals surface area contributed by atoms with E-state index in [1.54, 1.807) is 14.0 Å². The lowest BCUT2D eigenvalue weighted by Gasteiger charge is -2.19. The molecule has 25 heavy (non-hydrogen) atoms. The molecule has 0 bridgehead atoms. The summed E-state index contributed by atoms with van der Waals surface area (Å²) in [5.74, 6) is 1.38. The van der Waals surface area contributed by atoms with Gasteiger partial charge in [0.1, 0.15) is 5.78 Å². The number of carbonyl (C=O) groups excluding carboxylic acids is 1. The van der Waals surface area contributed by atoms with Crippen LogP contribution < -0.4 is 0 Å². The maximum Gasteiger partial charge on any atom is 0.191 e. The lowest BCUT2D eigenvalue weighted by Crippen LogP contribution is -2.10. The van der Waals surface area contributed by atoms with Gasteiger partial charge in [-0.05, 0) is 24.3 Å². The van der Waals surface area contributed by atoms with Gasteiger partial charge in [-0.25, -0.2) is 0 Å². The van der Waals surface area contributed by atoms with Gasteiger partial charge in [0.2, 0.25) is 0 Å². The molecule has 0 saturated heterocycles. The minimum absolute atomic E-state index is 0.118. The van der Waals surface area contributed by atoms with Crippen LogP contribution in [-0.4, -0.2) is 40.0 Å². The molecule has 0 spiro atoms. The summed E-state index contributed by atoms with van der Waals surface area (Å²) in [6, 6.07) is 8.48. The Morgan fingerprint density at radius 2 is 1.88 bits per heavy atom. The van der Waals surface area contributed by atoms with Gasteiger partial charge in [0.05, 0.1) is 5.75 Å². The number of ketones is 1. The number of benzene rings is 1. The summed E-state index contributed by atoms with van der Waals surface area (Å²) < 4.78 is 7.24. The van der Waals surface area contributed by atoms with Gasteiger partial charge in [-0.15, -0.1) is 10.2 Å². The van der Waals surface area contributed by atoms with Gasteiger partial charge in [0, 0.05) is 25.8 Å². The average molecular weight is 362 g/mol. The largest absolute Gasteiger partial charge is 0.385 e. The second-order valence-electron chi connectivity index (χ2n) is 7.12. The summed E-state index contributed by atoms with van der Waals surface area (Å²) in [6.07, 6.45) is 0.870. The number of rotatable bonds is 8. The van der Waals surface area contributed by atoms with Crippen LogP contribution in [0.4, 0.5) is 0 Å². The van der Waals surface area contributed by atoms with Crippen molar-refractivity contribution in [1.82, 2.24) is 14.8 Å². The molecule has 0 fully saturated rings. The van der Waals surface area contributed by atoms with Gasteiger partial charge in [0.15, 0.2) is 11.0 Å². The van der Waals surface area contributed by atoms with Gasteiger partial charge in [0.25, 0.3) is 0 Å². The lowest BCUT2D eigenvalue weighted by atomic mass is 9.87. The van der Waals surface area contributed by atoms with Crippen molar-refractivity contribution in [2.75, 3.05) is 19.5 Å². The molecule has 2 rings (SSSR count). The third-order valence-electron chi connectivity index (χ3n) is 3.86. The van der Waals surface area contributed by atoms with Crippen molar-refractivity contribution < 1.29 is 9.53 Å². The predicted octanol–water partition coefficient (Wildman–Crippen LogP) is 3.96. The van der Waals surface area contributed by atoms with Crippen LogP contribution in [0, 0.1) is 0 Å². The molecule has 0 N–H and O–H groups in total. The second-order valence-corrected chi connectivity index (χ2v) is 8.06. The molecule has 0 atom stereocenters. The fraction of sp³-hybridized carbons (Fsp3) is 0.526. The van der Waals surface area contributed by atoms with E-state index in [2.05, 4.69) is 59.8 Å². The highest BCUT2D eigenvalue weighted by Gasteiger charge is 2.17. The Morgan fingerprint density at radius 1 is 1.20 bits per heavy atom. The van der Waals surface area contributed by atoms with E-state index < -0.39 is 0 Å². The second kappa shape index (κ2) is 8.63. The number of aromatic nitrogens is 3. The standard InChI is InChI=1S/C19H27N3O2S/c1-14(23)13-25-18-21-20-17(22(18)11-6-12-24-5)15-7-9-16(10-8-15)19(2,3)4/h7-10H,6,11-13H2,1-5H3. The van der Waals surface area contributed by atoms with Gasteiger partial charge in [-0.3, -0.25) is 4.79 Å². The molecular weight excluding hydrogens is 334 g/mol. The summed E-state index contributed by atoms with van der Waals surface area (Å²) in [6.45, 7) is 9.63. The van der Waals surface area contributed by atoms with Crippen molar-refractivity contribution in [3.05, 3.63) is 29.8 Å². The van der Waals surface area contributed by atoms with E-state index in [0.717, 1.165) is 29.5 Å². The number of methoxy groups -OCH3 is 1. The van der Waals surface area contributed by atoms with Crippen LogP contribution in [0.1, 0.15) is 39.7 Å². The molecule has 0 saturated carbocycles. The van der Waals surface area contributed by atoms with Crippen molar-refractivity contribution in [3.8, 4) is 11.4 Å². The molecule has 0 amide bonds. The highest BCUT2D eigenvalue weighted by molar-refractivity contribution is 7.99. The summed E-state index contributed by atoms with van der Waals surface area (Å²) in [5.41, 5.74) is 2.44. The van der Waals surface area contributed by atoms with Crippen molar-refractivity contribution in [2.45, 2.75) is 51.2 Å². The molecule has 0 aliphatic heterocycles. The Labute approximate surface area is 154 Å². The number of ether oxygens (including phenoxy) is 1. The molecule has 0 aliphatic rings. The molecule has 2 aromatic rings. The van der Waals surface area contributed by atoms with Crippen molar-refractivity contribution in [1.29, 1.82) is 0 Å². The molecule has 1 aromatic heterocycles. The van der Waals surface area contributed by atoms with Crippen molar-refractivity contribution in [3.63, 3.8) is 0 Å². The van der Waals surface area contributed by atoms with Crippen LogP contribution in [0.5, 0.6) is 0 Å². The van der Waals surface area contributed by atoms with Gasteiger partial charge in [-0.1, -0.05) is 56.8 Å². The van der Waals surface area contributed by atoms with Gasteiger partial charge < -0.3 is 9.30 Å². The van der Waals surface area contributed by atoms with E-state index in [1.807, 2.05) is 0 Å². The Balaban J connectivity index is 2.30. The Hall–Kier alpha value is -1.66. The first-order valence-electron chi connectivity index (χ1n) is 8.48. The average Bonchev–Trinajstić information content (AvgIpc) is 2.95. The lowest BCUT2D eigenvalue weighted by molar-refractivity contribution is -0.114. The number of carbonyl (C=O) groups is 1. The van der Waals surface area contributed by atoms with E-state index >= 15 is 0 Å². The van der Waals surface area contributed by atoms with E-state index in [1.165, 1.54) is 17.3 Å². The van der Waals surface area contributed by atoms with E-state index in [-0.39, 0.29) is 11.2 Å². The van der Waals surface area contributed by atoms with Crippen LogP contribution in [-0.2, 0) is 21.5 Å². The first-order valence-corrected chi connectivity index (χ1v) is 9.47. The zero-order valence-corrected chi connectivity index (χ0v) is 16.5. The minimum atomic E-state index is 0.118. The summed E-state index contributed by atoms with van der Waals surface area (Å²) in [7, 11) is 1.70. The van der Waals surface area contributed by atoms with E-state index in [4.69, 9.17) is 4.74 Å². The summed E-state index contributed by atoms with van der Waals surface area (Å²) in [5, 5.41) is 9.45. The summed E-state index contributed by atoms with van der Waals surface area (Å²) >= 11 is 1.44. The Bertz CT molecular complexity index is 702. The highest BCUT2D eigenvalue weighted by atomic mass is 32.2. The van der Waals surface area contributed by atoms with Crippen LogP contribution in [0.3, 0.4) is 0 Å². The van der Waals surface area contributed by atoms with Crippen LogP contribution in [0.25, 0.3) is 11.4 Å².